The topological polar surface area (TPSA) is 73.3 Å². The Bertz CT molecular complexity index is 1170. The Hall–Kier alpha value is -3.27. The van der Waals surface area contributed by atoms with Gasteiger partial charge in [0.15, 0.2) is 16.7 Å². The van der Waals surface area contributed by atoms with Gasteiger partial charge in [-0.25, -0.2) is 9.97 Å². The van der Waals surface area contributed by atoms with Crippen molar-refractivity contribution in [3.8, 4) is 22.8 Å². The third-order valence-electron chi connectivity index (χ3n) is 4.80. The number of rotatable bonds is 7. The number of carbonyl (C=O) groups excluding carboxylic acids is 1. The molecule has 0 unspecified atom stereocenters. The molecular weight excluding hydrogens is 455 g/mol. The molecule has 0 fully saturated rings. The summed E-state index contributed by atoms with van der Waals surface area (Å²) in [5.41, 5.74) is 2.06. The van der Waals surface area contributed by atoms with Crippen molar-refractivity contribution in [1.29, 1.82) is 0 Å². The molecule has 0 aliphatic heterocycles. The lowest BCUT2D eigenvalue weighted by molar-refractivity contribution is -0.141. The first-order valence-electron chi connectivity index (χ1n) is 9.79. The number of anilines is 1. The van der Waals surface area contributed by atoms with Crippen LogP contribution in [0.5, 0.6) is 11.5 Å². The van der Waals surface area contributed by atoms with E-state index in [4.69, 9.17) is 9.47 Å². The second-order valence-corrected chi connectivity index (χ2v) is 8.07. The van der Waals surface area contributed by atoms with Gasteiger partial charge in [0.2, 0.25) is 5.91 Å². The molecule has 1 aromatic heterocycles. The number of methoxy groups -OCH3 is 2. The average molecular weight is 478 g/mol. The predicted octanol–water partition coefficient (Wildman–Crippen LogP) is 5.53. The zero-order valence-electron chi connectivity index (χ0n) is 18.4. The molecule has 2 aromatic carbocycles. The molecule has 0 saturated heterocycles. The minimum atomic E-state index is -4.68. The van der Waals surface area contributed by atoms with Crippen LogP contribution in [0.15, 0.2) is 47.6 Å². The molecular formula is C23H22F3N3O3S. The maximum Gasteiger partial charge on any atom is 0.433 e. The minimum absolute atomic E-state index is 0.0512. The highest BCUT2D eigenvalue weighted by Gasteiger charge is 2.34. The van der Waals surface area contributed by atoms with Crippen LogP contribution in [-0.2, 0) is 11.0 Å². The number of nitrogens with one attached hydrogen (secondary N) is 1. The van der Waals surface area contributed by atoms with Crippen LogP contribution in [0.4, 0.5) is 18.9 Å². The highest BCUT2D eigenvalue weighted by Crippen LogP contribution is 2.35. The fourth-order valence-electron chi connectivity index (χ4n) is 2.92. The molecule has 3 aromatic rings. The fourth-order valence-corrected chi connectivity index (χ4v) is 3.58. The first-order valence-corrected chi connectivity index (χ1v) is 10.8. The lowest BCUT2D eigenvalue weighted by Crippen LogP contribution is -2.15. The number of aromatic nitrogens is 2. The Balaban J connectivity index is 1.84. The number of hydrogen-bond donors (Lipinski definition) is 1. The highest BCUT2D eigenvalue weighted by molar-refractivity contribution is 7.99. The van der Waals surface area contributed by atoms with Gasteiger partial charge in [0, 0.05) is 11.3 Å². The van der Waals surface area contributed by atoms with Crippen LogP contribution >= 0.6 is 11.8 Å². The Kier molecular flexibility index (Phi) is 7.47. The van der Waals surface area contributed by atoms with E-state index < -0.39 is 11.9 Å². The highest BCUT2D eigenvalue weighted by atomic mass is 32.2. The van der Waals surface area contributed by atoms with Crippen molar-refractivity contribution >= 4 is 23.4 Å². The number of benzene rings is 2. The quantitative estimate of drug-likeness (QED) is 0.357. The van der Waals surface area contributed by atoms with E-state index in [9.17, 15) is 18.0 Å². The molecule has 3 rings (SSSR count). The van der Waals surface area contributed by atoms with E-state index in [-0.39, 0.29) is 22.5 Å². The third-order valence-corrected chi connectivity index (χ3v) is 5.65. The van der Waals surface area contributed by atoms with E-state index >= 15 is 0 Å². The number of ether oxygens (including phenoxy) is 2. The summed E-state index contributed by atoms with van der Waals surface area (Å²) < 4.78 is 50.8. The smallest absolute Gasteiger partial charge is 0.433 e. The van der Waals surface area contributed by atoms with Crippen molar-refractivity contribution in [3.05, 3.63) is 59.3 Å². The molecule has 1 N–H and O–H groups in total. The number of thioether (sulfide) groups is 1. The Morgan fingerprint density at radius 1 is 0.970 bits per heavy atom. The summed E-state index contributed by atoms with van der Waals surface area (Å²) in [7, 11) is 2.89. The average Bonchev–Trinajstić information content (AvgIpc) is 2.79. The molecule has 0 aliphatic rings. The van der Waals surface area contributed by atoms with Gasteiger partial charge in [-0.05, 0) is 61.4 Å². The summed E-state index contributed by atoms with van der Waals surface area (Å²) in [5, 5.41) is 2.57. The number of carbonyl (C=O) groups is 1. The van der Waals surface area contributed by atoms with Crippen LogP contribution in [-0.4, -0.2) is 35.8 Å². The molecule has 0 bridgehead atoms. The van der Waals surface area contributed by atoms with Crippen molar-refractivity contribution < 1.29 is 27.4 Å². The molecule has 0 saturated carbocycles. The Labute approximate surface area is 193 Å². The number of halogens is 3. The Morgan fingerprint density at radius 2 is 1.70 bits per heavy atom. The van der Waals surface area contributed by atoms with E-state index in [0.29, 0.717) is 22.7 Å². The van der Waals surface area contributed by atoms with Crippen LogP contribution in [0.25, 0.3) is 11.3 Å². The van der Waals surface area contributed by atoms with Gasteiger partial charge in [-0.2, -0.15) is 13.2 Å². The number of hydrogen-bond acceptors (Lipinski definition) is 6. The van der Waals surface area contributed by atoms with E-state index in [1.54, 1.807) is 18.2 Å². The van der Waals surface area contributed by atoms with Gasteiger partial charge in [-0.3, -0.25) is 4.79 Å². The zero-order valence-corrected chi connectivity index (χ0v) is 19.2. The van der Waals surface area contributed by atoms with Gasteiger partial charge in [0.05, 0.1) is 25.7 Å². The molecule has 6 nitrogen and oxygen atoms in total. The van der Waals surface area contributed by atoms with Gasteiger partial charge < -0.3 is 14.8 Å². The molecule has 1 amide bonds. The minimum Gasteiger partial charge on any atom is -0.493 e. The van der Waals surface area contributed by atoms with Crippen LogP contribution < -0.4 is 14.8 Å². The van der Waals surface area contributed by atoms with Crippen LogP contribution in [0.2, 0.25) is 0 Å². The molecule has 0 radical (unpaired) electrons. The SMILES string of the molecule is COc1ccc(-c2cc(C(F)(F)F)nc(SCC(=O)Nc3ccc(C)c(C)c3)n2)cc1OC. The fraction of sp³-hybridized carbons (Fsp3) is 0.261. The summed E-state index contributed by atoms with van der Waals surface area (Å²) in [6, 6.07) is 11.0. The van der Waals surface area contributed by atoms with E-state index in [0.717, 1.165) is 29.0 Å². The zero-order chi connectivity index (χ0) is 24.2. The van der Waals surface area contributed by atoms with Crippen molar-refractivity contribution in [1.82, 2.24) is 9.97 Å². The van der Waals surface area contributed by atoms with Crippen LogP contribution in [0.3, 0.4) is 0 Å². The third kappa shape index (κ3) is 6.16. The van der Waals surface area contributed by atoms with E-state index in [1.165, 1.54) is 20.3 Å². The monoisotopic (exact) mass is 477 g/mol. The second-order valence-electron chi connectivity index (χ2n) is 7.12. The number of amides is 1. The van der Waals surface area contributed by atoms with Gasteiger partial charge in [-0.1, -0.05) is 17.8 Å². The van der Waals surface area contributed by atoms with Crippen molar-refractivity contribution in [2.45, 2.75) is 25.2 Å². The van der Waals surface area contributed by atoms with Crippen molar-refractivity contribution in [2.75, 3.05) is 25.3 Å². The van der Waals surface area contributed by atoms with E-state index in [2.05, 4.69) is 15.3 Å². The number of alkyl halides is 3. The number of nitrogens with zero attached hydrogens (tertiary/aromatic N) is 2. The lowest BCUT2D eigenvalue weighted by Gasteiger charge is -2.12. The second kappa shape index (κ2) is 10.1. The normalized spacial score (nSPS) is 11.2. The van der Waals surface area contributed by atoms with Crippen molar-refractivity contribution in [3.63, 3.8) is 0 Å². The predicted molar refractivity (Wildman–Crippen MR) is 121 cm³/mol. The molecule has 33 heavy (non-hydrogen) atoms. The lowest BCUT2D eigenvalue weighted by atomic mass is 10.1. The summed E-state index contributed by atoms with van der Waals surface area (Å²) >= 11 is 0.822. The standard InChI is InChI=1S/C23H22F3N3O3S/c1-13-5-7-16(9-14(13)2)27-21(30)12-33-22-28-17(11-20(29-22)23(24,25)26)15-6-8-18(31-3)19(10-15)32-4/h5-11H,12H2,1-4H3,(H,27,30). The Morgan fingerprint density at radius 3 is 2.33 bits per heavy atom. The molecule has 0 atom stereocenters. The van der Waals surface area contributed by atoms with E-state index in [1.807, 2.05) is 26.0 Å². The molecule has 174 valence electrons. The van der Waals surface area contributed by atoms with Gasteiger partial charge in [-0.15, -0.1) is 0 Å². The maximum absolute atomic E-state index is 13.5. The number of aryl methyl sites for hydroxylation is 2. The summed E-state index contributed by atoms with van der Waals surface area (Å²) in [6.45, 7) is 3.88. The molecule has 0 aliphatic carbocycles. The summed E-state index contributed by atoms with van der Waals surface area (Å²) in [4.78, 5) is 20.2. The van der Waals surface area contributed by atoms with Gasteiger partial charge >= 0.3 is 6.18 Å². The molecule has 1 heterocycles. The van der Waals surface area contributed by atoms with Gasteiger partial charge in [0.1, 0.15) is 5.69 Å². The first kappa shape index (κ1) is 24.4. The van der Waals surface area contributed by atoms with Crippen LogP contribution in [0, 0.1) is 13.8 Å². The largest absolute Gasteiger partial charge is 0.493 e. The summed E-state index contributed by atoms with van der Waals surface area (Å²) in [5.74, 6) is 0.254. The molecule has 10 heteroatoms. The molecule has 0 spiro atoms. The summed E-state index contributed by atoms with van der Waals surface area (Å²) in [6.07, 6.45) is -4.68. The van der Waals surface area contributed by atoms with Crippen molar-refractivity contribution in [2.24, 2.45) is 0 Å². The maximum atomic E-state index is 13.5. The first-order chi connectivity index (χ1) is 15.6. The van der Waals surface area contributed by atoms with Crippen LogP contribution in [0.1, 0.15) is 16.8 Å². The van der Waals surface area contributed by atoms with Gasteiger partial charge in [0.25, 0.3) is 0 Å².